The van der Waals surface area contributed by atoms with Gasteiger partial charge in [0.2, 0.25) is 0 Å². The zero-order valence-corrected chi connectivity index (χ0v) is 11.0. The number of carbonyl (C=O) groups excluding carboxylic acids is 1. The van der Waals surface area contributed by atoms with Gasteiger partial charge in [-0.1, -0.05) is 6.07 Å². The zero-order valence-electron chi connectivity index (χ0n) is 11.0. The van der Waals surface area contributed by atoms with Crippen LogP contribution in [0.25, 0.3) is 11.5 Å². The van der Waals surface area contributed by atoms with Gasteiger partial charge >= 0.3 is 5.97 Å². The van der Waals surface area contributed by atoms with Crippen molar-refractivity contribution in [3.8, 4) is 11.5 Å². The Morgan fingerprint density at radius 1 is 1.42 bits per heavy atom. The predicted octanol–water partition coefficient (Wildman–Crippen LogP) is 1.37. The monoisotopic (exact) mass is 260 g/mol. The Bertz CT molecular complexity index is 551. The standard InChI is InChI=1S/C13H16N4O2/c1-3-19-12(18)8-7-11-15-13(17(2)16-11)10-6-4-5-9-14-10/h4-6,9H,3,7-8H2,1-2H3. The third-order valence-electron chi connectivity index (χ3n) is 2.56. The molecule has 0 saturated carbocycles. The minimum absolute atomic E-state index is 0.227. The van der Waals surface area contributed by atoms with Crippen molar-refractivity contribution in [1.82, 2.24) is 19.7 Å². The lowest BCUT2D eigenvalue weighted by Crippen LogP contribution is -2.06. The van der Waals surface area contributed by atoms with Crippen molar-refractivity contribution in [3.05, 3.63) is 30.2 Å². The quantitative estimate of drug-likeness (QED) is 0.759. The van der Waals surface area contributed by atoms with Crippen LogP contribution in [-0.4, -0.2) is 32.3 Å². The lowest BCUT2D eigenvalue weighted by Gasteiger charge is -1.98. The number of esters is 1. The molecule has 0 radical (unpaired) electrons. The fourth-order valence-electron chi connectivity index (χ4n) is 1.71. The fourth-order valence-corrected chi connectivity index (χ4v) is 1.71. The van der Waals surface area contributed by atoms with Gasteiger partial charge in [-0.25, -0.2) is 9.67 Å². The Hall–Kier alpha value is -2.24. The molecular formula is C13H16N4O2. The minimum Gasteiger partial charge on any atom is -0.466 e. The summed E-state index contributed by atoms with van der Waals surface area (Å²) in [4.78, 5) is 19.9. The number of hydrogen-bond acceptors (Lipinski definition) is 5. The van der Waals surface area contributed by atoms with Crippen LogP contribution in [0.4, 0.5) is 0 Å². The molecule has 0 saturated heterocycles. The maximum absolute atomic E-state index is 11.3. The van der Waals surface area contributed by atoms with Crippen LogP contribution >= 0.6 is 0 Å². The van der Waals surface area contributed by atoms with Gasteiger partial charge in [0, 0.05) is 19.7 Å². The number of pyridine rings is 1. The van der Waals surface area contributed by atoms with Gasteiger partial charge in [-0.3, -0.25) is 9.78 Å². The molecule has 0 amide bonds. The van der Waals surface area contributed by atoms with E-state index in [-0.39, 0.29) is 5.97 Å². The Labute approximate surface area is 111 Å². The maximum Gasteiger partial charge on any atom is 0.306 e. The third-order valence-corrected chi connectivity index (χ3v) is 2.56. The Morgan fingerprint density at radius 2 is 2.26 bits per heavy atom. The van der Waals surface area contributed by atoms with E-state index in [1.165, 1.54) is 0 Å². The second-order valence-corrected chi connectivity index (χ2v) is 4.00. The second kappa shape index (κ2) is 6.08. The molecule has 0 spiro atoms. The van der Waals surface area contributed by atoms with Crippen molar-refractivity contribution in [2.45, 2.75) is 19.8 Å². The number of nitrogens with zero attached hydrogens (tertiary/aromatic N) is 4. The molecular weight excluding hydrogens is 244 g/mol. The molecule has 0 aliphatic heterocycles. The SMILES string of the molecule is CCOC(=O)CCc1nc(-c2ccccn2)n(C)n1. The molecule has 0 aromatic carbocycles. The summed E-state index contributed by atoms with van der Waals surface area (Å²) in [7, 11) is 1.81. The van der Waals surface area contributed by atoms with E-state index < -0.39 is 0 Å². The van der Waals surface area contributed by atoms with Gasteiger partial charge in [-0.05, 0) is 19.1 Å². The van der Waals surface area contributed by atoms with Crippen molar-refractivity contribution in [1.29, 1.82) is 0 Å². The number of aryl methyl sites for hydroxylation is 2. The highest BCUT2D eigenvalue weighted by atomic mass is 16.5. The first-order chi connectivity index (χ1) is 9.20. The summed E-state index contributed by atoms with van der Waals surface area (Å²) in [5, 5.41) is 4.28. The molecule has 2 aromatic heterocycles. The number of ether oxygens (including phenoxy) is 1. The van der Waals surface area contributed by atoms with E-state index >= 15 is 0 Å². The number of rotatable bonds is 5. The average molecular weight is 260 g/mol. The first-order valence-electron chi connectivity index (χ1n) is 6.17. The van der Waals surface area contributed by atoms with Crippen LogP contribution in [0.5, 0.6) is 0 Å². The molecule has 0 atom stereocenters. The van der Waals surface area contributed by atoms with E-state index in [0.29, 0.717) is 31.1 Å². The van der Waals surface area contributed by atoms with Gasteiger partial charge < -0.3 is 4.74 Å². The van der Waals surface area contributed by atoms with Crippen molar-refractivity contribution in [2.75, 3.05) is 6.61 Å². The molecule has 2 aromatic rings. The van der Waals surface area contributed by atoms with Gasteiger partial charge in [0.05, 0.1) is 13.0 Å². The molecule has 0 fully saturated rings. The molecule has 0 N–H and O–H groups in total. The van der Waals surface area contributed by atoms with Gasteiger partial charge in [0.25, 0.3) is 0 Å². The van der Waals surface area contributed by atoms with Crippen LogP contribution in [0.2, 0.25) is 0 Å². The van der Waals surface area contributed by atoms with Crippen LogP contribution in [-0.2, 0) is 23.0 Å². The molecule has 0 unspecified atom stereocenters. The Balaban J connectivity index is 2.07. The van der Waals surface area contributed by atoms with Crippen LogP contribution in [0, 0.1) is 0 Å². The van der Waals surface area contributed by atoms with Crippen molar-refractivity contribution < 1.29 is 9.53 Å². The molecule has 19 heavy (non-hydrogen) atoms. The zero-order chi connectivity index (χ0) is 13.7. The van der Waals surface area contributed by atoms with Gasteiger partial charge in [0.15, 0.2) is 11.6 Å². The molecule has 6 nitrogen and oxygen atoms in total. The van der Waals surface area contributed by atoms with E-state index in [9.17, 15) is 4.79 Å². The third kappa shape index (κ3) is 3.37. The van der Waals surface area contributed by atoms with Crippen molar-refractivity contribution in [3.63, 3.8) is 0 Å². The molecule has 0 aliphatic rings. The molecule has 0 aliphatic carbocycles. The summed E-state index contributed by atoms with van der Waals surface area (Å²) in [6, 6.07) is 5.62. The first kappa shape index (κ1) is 13.2. The topological polar surface area (TPSA) is 69.9 Å². The molecule has 2 heterocycles. The lowest BCUT2D eigenvalue weighted by atomic mass is 10.3. The highest BCUT2D eigenvalue weighted by molar-refractivity contribution is 5.69. The Kier molecular flexibility index (Phi) is 4.22. The number of aromatic nitrogens is 4. The summed E-state index contributed by atoms with van der Waals surface area (Å²) in [5.41, 5.74) is 0.764. The van der Waals surface area contributed by atoms with E-state index in [0.717, 1.165) is 5.69 Å². The average Bonchev–Trinajstić information content (AvgIpc) is 2.79. The molecule has 2 rings (SSSR count). The van der Waals surface area contributed by atoms with Crippen LogP contribution in [0.3, 0.4) is 0 Å². The van der Waals surface area contributed by atoms with Gasteiger partial charge in [0.1, 0.15) is 5.69 Å². The Morgan fingerprint density at radius 3 is 2.95 bits per heavy atom. The normalized spacial score (nSPS) is 10.4. The molecule has 100 valence electrons. The molecule has 0 bridgehead atoms. The molecule has 6 heteroatoms. The lowest BCUT2D eigenvalue weighted by molar-refractivity contribution is -0.143. The highest BCUT2D eigenvalue weighted by Gasteiger charge is 2.11. The summed E-state index contributed by atoms with van der Waals surface area (Å²) >= 11 is 0. The van der Waals surface area contributed by atoms with Crippen LogP contribution in [0.1, 0.15) is 19.2 Å². The first-order valence-corrected chi connectivity index (χ1v) is 6.17. The van der Waals surface area contributed by atoms with Crippen molar-refractivity contribution >= 4 is 5.97 Å². The maximum atomic E-state index is 11.3. The summed E-state index contributed by atoms with van der Waals surface area (Å²) in [5.74, 6) is 1.09. The minimum atomic E-state index is -0.227. The van der Waals surface area contributed by atoms with Crippen LogP contribution in [0.15, 0.2) is 24.4 Å². The van der Waals surface area contributed by atoms with E-state index in [1.807, 2.05) is 25.2 Å². The largest absolute Gasteiger partial charge is 0.466 e. The van der Waals surface area contributed by atoms with Crippen molar-refractivity contribution in [2.24, 2.45) is 7.05 Å². The predicted molar refractivity (Wildman–Crippen MR) is 69.2 cm³/mol. The van der Waals surface area contributed by atoms with Gasteiger partial charge in [-0.2, -0.15) is 5.10 Å². The summed E-state index contributed by atoms with van der Waals surface area (Å²) in [6.45, 7) is 2.18. The van der Waals surface area contributed by atoms with E-state index in [2.05, 4.69) is 15.1 Å². The fraction of sp³-hybridized carbons (Fsp3) is 0.385. The number of carbonyl (C=O) groups is 1. The summed E-state index contributed by atoms with van der Waals surface area (Å²) in [6.07, 6.45) is 2.47. The van der Waals surface area contributed by atoms with E-state index in [4.69, 9.17) is 4.74 Å². The number of hydrogen-bond donors (Lipinski definition) is 0. The summed E-state index contributed by atoms with van der Waals surface area (Å²) < 4.78 is 6.54. The van der Waals surface area contributed by atoms with Crippen LogP contribution < -0.4 is 0 Å². The van der Waals surface area contributed by atoms with E-state index in [1.54, 1.807) is 17.8 Å². The smallest absolute Gasteiger partial charge is 0.306 e. The highest BCUT2D eigenvalue weighted by Crippen LogP contribution is 2.13. The van der Waals surface area contributed by atoms with Gasteiger partial charge in [-0.15, -0.1) is 0 Å². The second-order valence-electron chi connectivity index (χ2n) is 4.00.